The van der Waals surface area contributed by atoms with Crippen LogP contribution in [0.5, 0.6) is 5.75 Å². The Balaban J connectivity index is 1.49. The molecular formula is C18H22ClN3OS2. The molecule has 0 unspecified atom stereocenters. The van der Waals surface area contributed by atoms with Gasteiger partial charge in [0.25, 0.3) is 0 Å². The predicted octanol–water partition coefficient (Wildman–Crippen LogP) is 3.97. The molecule has 7 heteroatoms. The molecule has 0 atom stereocenters. The predicted molar refractivity (Wildman–Crippen MR) is 110 cm³/mol. The number of ether oxygens (including phenoxy) is 1. The molecule has 3 rings (SSSR count). The lowest BCUT2D eigenvalue weighted by atomic mass is 10.2. The zero-order chi connectivity index (χ0) is 17.6. The number of nitrogens with one attached hydrogen (secondary N) is 1. The van der Waals surface area contributed by atoms with Crippen LogP contribution >= 0.6 is 35.2 Å². The summed E-state index contributed by atoms with van der Waals surface area (Å²) in [6, 6.07) is 9.81. The summed E-state index contributed by atoms with van der Waals surface area (Å²) in [4.78, 5) is 6.16. The Hall–Kier alpha value is -1.34. The van der Waals surface area contributed by atoms with E-state index < -0.39 is 0 Å². The fourth-order valence-electron chi connectivity index (χ4n) is 2.87. The number of thiocarbonyl (C=S) groups is 1. The molecule has 0 spiro atoms. The molecule has 1 N–H and O–H groups in total. The van der Waals surface area contributed by atoms with Crippen molar-refractivity contribution in [2.45, 2.75) is 6.42 Å². The van der Waals surface area contributed by atoms with Crippen molar-refractivity contribution in [2.75, 3.05) is 45.2 Å². The standard InChI is InChI=1S/C18H22ClN3OS2/c1-23-17-5-4-14(19)13-16(17)20-18(24)22-10-8-21(9-11-22)7-6-15-3-2-12-25-15/h2-5,12-13H,6-11H2,1H3,(H,20,24). The second-order valence-corrected chi connectivity index (χ2v) is 7.79. The maximum atomic E-state index is 6.08. The molecule has 0 aliphatic carbocycles. The molecule has 4 nitrogen and oxygen atoms in total. The highest BCUT2D eigenvalue weighted by Crippen LogP contribution is 2.28. The van der Waals surface area contributed by atoms with Gasteiger partial charge >= 0.3 is 0 Å². The molecule has 25 heavy (non-hydrogen) atoms. The van der Waals surface area contributed by atoms with E-state index in [4.69, 9.17) is 28.6 Å². The van der Waals surface area contributed by atoms with Crippen molar-refractivity contribution < 1.29 is 4.74 Å². The summed E-state index contributed by atoms with van der Waals surface area (Å²) < 4.78 is 5.37. The average Bonchev–Trinajstić information content (AvgIpc) is 3.14. The fraction of sp³-hybridized carbons (Fsp3) is 0.389. The largest absolute Gasteiger partial charge is 0.495 e. The molecule has 1 aliphatic heterocycles. The van der Waals surface area contributed by atoms with Crippen LogP contribution < -0.4 is 10.1 Å². The second-order valence-electron chi connectivity index (χ2n) is 5.93. The van der Waals surface area contributed by atoms with Crippen LogP contribution in [0, 0.1) is 0 Å². The summed E-state index contributed by atoms with van der Waals surface area (Å²) in [5, 5.41) is 6.79. The van der Waals surface area contributed by atoms with Crippen LogP contribution in [-0.2, 0) is 6.42 Å². The minimum atomic E-state index is 0.657. The van der Waals surface area contributed by atoms with Crippen molar-refractivity contribution >= 4 is 46.0 Å². The Bertz CT molecular complexity index is 700. The van der Waals surface area contributed by atoms with E-state index in [0.29, 0.717) is 5.02 Å². The number of hydrogen-bond donors (Lipinski definition) is 1. The zero-order valence-electron chi connectivity index (χ0n) is 14.2. The summed E-state index contributed by atoms with van der Waals surface area (Å²) in [6.45, 7) is 5.02. The van der Waals surface area contributed by atoms with Crippen LogP contribution in [0.25, 0.3) is 0 Å². The van der Waals surface area contributed by atoms with Gasteiger partial charge in [-0.25, -0.2) is 0 Å². The van der Waals surface area contributed by atoms with Crippen molar-refractivity contribution in [3.8, 4) is 5.75 Å². The molecule has 134 valence electrons. The van der Waals surface area contributed by atoms with E-state index in [1.54, 1.807) is 13.2 Å². The summed E-state index contributed by atoms with van der Waals surface area (Å²) in [6.07, 6.45) is 1.13. The van der Waals surface area contributed by atoms with E-state index in [-0.39, 0.29) is 0 Å². The molecule has 0 bridgehead atoms. The number of methoxy groups -OCH3 is 1. The molecule has 1 aliphatic rings. The number of benzene rings is 1. The topological polar surface area (TPSA) is 27.7 Å². The van der Waals surface area contributed by atoms with Crippen molar-refractivity contribution in [1.82, 2.24) is 9.80 Å². The first kappa shape index (κ1) is 18.5. The molecule has 1 aromatic carbocycles. The minimum absolute atomic E-state index is 0.657. The number of piperazine rings is 1. The van der Waals surface area contributed by atoms with Gasteiger partial charge in [0.05, 0.1) is 12.8 Å². The van der Waals surface area contributed by atoms with E-state index >= 15 is 0 Å². The highest BCUT2D eigenvalue weighted by Gasteiger charge is 2.19. The molecule has 1 fully saturated rings. The molecule has 1 aromatic heterocycles. The van der Waals surface area contributed by atoms with Crippen molar-refractivity contribution in [2.24, 2.45) is 0 Å². The van der Waals surface area contributed by atoms with Crippen LogP contribution in [0.4, 0.5) is 5.69 Å². The van der Waals surface area contributed by atoms with Crippen LogP contribution in [0.2, 0.25) is 5.02 Å². The summed E-state index contributed by atoms with van der Waals surface area (Å²) in [5.74, 6) is 0.737. The van der Waals surface area contributed by atoms with Crippen LogP contribution in [0.1, 0.15) is 4.88 Å². The van der Waals surface area contributed by atoms with Gasteiger partial charge in [-0.15, -0.1) is 11.3 Å². The van der Waals surface area contributed by atoms with Gasteiger partial charge < -0.3 is 15.0 Å². The summed E-state index contributed by atoms with van der Waals surface area (Å²) in [5.41, 5.74) is 0.806. The lowest BCUT2D eigenvalue weighted by molar-refractivity contribution is 0.186. The fourth-order valence-corrected chi connectivity index (χ4v) is 4.03. The average molecular weight is 396 g/mol. The monoisotopic (exact) mass is 395 g/mol. The summed E-state index contributed by atoms with van der Waals surface area (Å²) in [7, 11) is 1.64. The van der Waals surface area contributed by atoms with Crippen LogP contribution in [0.15, 0.2) is 35.7 Å². The van der Waals surface area contributed by atoms with E-state index in [0.717, 1.165) is 55.7 Å². The van der Waals surface area contributed by atoms with Crippen molar-refractivity contribution in [1.29, 1.82) is 0 Å². The number of thiophene rings is 1. The Morgan fingerprint density at radius 3 is 2.76 bits per heavy atom. The second kappa shape index (κ2) is 8.85. The van der Waals surface area contributed by atoms with Gasteiger partial charge in [0.2, 0.25) is 0 Å². The van der Waals surface area contributed by atoms with Gasteiger partial charge in [0, 0.05) is 42.6 Å². The number of rotatable bonds is 5. The number of halogens is 1. The SMILES string of the molecule is COc1ccc(Cl)cc1NC(=S)N1CCN(CCc2cccs2)CC1. The lowest BCUT2D eigenvalue weighted by Gasteiger charge is -2.36. The lowest BCUT2D eigenvalue weighted by Crippen LogP contribution is -2.50. The van der Waals surface area contributed by atoms with E-state index in [1.165, 1.54) is 4.88 Å². The van der Waals surface area contributed by atoms with Gasteiger partial charge in [-0.2, -0.15) is 0 Å². The Labute approximate surface area is 163 Å². The minimum Gasteiger partial charge on any atom is -0.495 e. The molecule has 0 radical (unpaired) electrons. The van der Waals surface area contributed by atoms with Crippen molar-refractivity contribution in [3.05, 3.63) is 45.6 Å². The Kier molecular flexibility index (Phi) is 6.53. The smallest absolute Gasteiger partial charge is 0.173 e. The first-order valence-corrected chi connectivity index (χ1v) is 9.96. The normalized spacial score (nSPS) is 15.2. The van der Waals surface area contributed by atoms with E-state index in [9.17, 15) is 0 Å². The van der Waals surface area contributed by atoms with Gasteiger partial charge in [0.1, 0.15) is 5.75 Å². The van der Waals surface area contributed by atoms with E-state index in [2.05, 4.69) is 32.6 Å². The third-order valence-electron chi connectivity index (χ3n) is 4.32. The number of anilines is 1. The first-order chi connectivity index (χ1) is 12.2. The molecule has 0 amide bonds. The zero-order valence-corrected chi connectivity index (χ0v) is 16.6. The van der Waals surface area contributed by atoms with Crippen molar-refractivity contribution in [3.63, 3.8) is 0 Å². The Morgan fingerprint density at radius 1 is 1.28 bits per heavy atom. The third-order valence-corrected chi connectivity index (χ3v) is 5.85. The van der Waals surface area contributed by atoms with Gasteiger partial charge in [-0.1, -0.05) is 17.7 Å². The van der Waals surface area contributed by atoms with Gasteiger partial charge in [-0.05, 0) is 48.3 Å². The number of hydrogen-bond acceptors (Lipinski definition) is 4. The summed E-state index contributed by atoms with van der Waals surface area (Å²) >= 11 is 13.5. The van der Waals surface area contributed by atoms with Crippen LogP contribution in [0.3, 0.4) is 0 Å². The quantitative estimate of drug-likeness (QED) is 0.773. The molecule has 1 saturated heterocycles. The molecule has 2 heterocycles. The Morgan fingerprint density at radius 2 is 2.08 bits per heavy atom. The molecule has 2 aromatic rings. The highest BCUT2D eigenvalue weighted by molar-refractivity contribution is 7.80. The highest BCUT2D eigenvalue weighted by atomic mass is 35.5. The van der Waals surface area contributed by atoms with Crippen LogP contribution in [-0.4, -0.2) is 54.7 Å². The molecule has 0 saturated carbocycles. The van der Waals surface area contributed by atoms with E-state index in [1.807, 2.05) is 23.5 Å². The maximum Gasteiger partial charge on any atom is 0.173 e. The molecular weight excluding hydrogens is 374 g/mol. The number of nitrogens with zero attached hydrogens (tertiary/aromatic N) is 2. The third kappa shape index (κ3) is 5.07. The van der Waals surface area contributed by atoms with Gasteiger partial charge in [0.15, 0.2) is 5.11 Å². The van der Waals surface area contributed by atoms with Gasteiger partial charge in [-0.3, -0.25) is 4.90 Å². The first-order valence-electron chi connectivity index (χ1n) is 8.30. The maximum absolute atomic E-state index is 6.08.